The van der Waals surface area contributed by atoms with Crippen LogP contribution in [0.5, 0.6) is 0 Å². The standard InChI is InChI=1S/C19H23N3O5/c1-2-25-18(24)22-9-5-13(6-10-22)20-17(23)19(7-8-19)16-12-15(27-21-16)14-4-3-11-26-14/h3-4,11-13H,2,5-10H2,1H3,(H,20,23). The fourth-order valence-corrected chi connectivity index (χ4v) is 3.50. The number of nitrogens with one attached hydrogen (secondary N) is 1. The van der Waals surface area contributed by atoms with E-state index in [9.17, 15) is 9.59 Å². The van der Waals surface area contributed by atoms with Gasteiger partial charge in [0.05, 0.1) is 24.0 Å². The van der Waals surface area contributed by atoms with Crippen molar-refractivity contribution < 1.29 is 23.3 Å². The molecule has 0 aromatic carbocycles. The van der Waals surface area contributed by atoms with Crippen LogP contribution in [-0.2, 0) is 14.9 Å². The zero-order chi connectivity index (χ0) is 18.9. The van der Waals surface area contributed by atoms with Gasteiger partial charge in [-0.25, -0.2) is 4.79 Å². The number of hydrogen-bond acceptors (Lipinski definition) is 6. The lowest BCUT2D eigenvalue weighted by atomic mass is 9.98. The Hall–Kier alpha value is -2.77. The normalized spacial score (nSPS) is 18.9. The van der Waals surface area contributed by atoms with Crippen LogP contribution in [0.3, 0.4) is 0 Å². The molecule has 8 nitrogen and oxygen atoms in total. The molecule has 1 N–H and O–H groups in total. The van der Waals surface area contributed by atoms with Crippen molar-refractivity contribution in [3.05, 3.63) is 30.2 Å². The number of aromatic nitrogens is 1. The summed E-state index contributed by atoms with van der Waals surface area (Å²) in [5.41, 5.74) is 0.0439. The monoisotopic (exact) mass is 373 g/mol. The molecule has 2 aromatic heterocycles. The van der Waals surface area contributed by atoms with E-state index in [4.69, 9.17) is 13.7 Å². The van der Waals surface area contributed by atoms with E-state index >= 15 is 0 Å². The van der Waals surface area contributed by atoms with Gasteiger partial charge in [-0.15, -0.1) is 0 Å². The van der Waals surface area contributed by atoms with Crippen molar-refractivity contribution in [3.63, 3.8) is 0 Å². The highest BCUT2D eigenvalue weighted by atomic mass is 16.6. The number of amides is 2. The Morgan fingerprint density at radius 2 is 2.11 bits per heavy atom. The molecule has 2 aromatic rings. The molecule has 3 heterocycles. The number of furan rings is 1. The van der Waals surface area contributed by atoms with Crippen LogP contribution in [-0.4, -0.2) is 47.8 Å². The van der Waals surface area contributed by atoms with Gasteiger partial charge in [0.1, 0.15) is 0 Å². The number of likely N-dealkylation sites (tertiary alicyclic amines) is 1. The maximum Gasteiger partial charge on any atom is 0.409 e. The van der Waals surface area contributed by atoms with E-state index in [0.29, 0.717) is 36.9 Å². The van der Waals surface area contributed by atoms with Crippen LogP contribution >= 0.6 is 0 Å². The topological polar surface area (TPSA) is 97.8 Å². The maximum atomic E-state index is 12.9. The third kappa shape index (κ3) is 3.43. The van der Waals surface area contributed by atoms with E-state index in [0.717, 1.165) is 25.7 Å². The average molecular weight is 373 g/mol. The van der Waals surface area contributed by atoms with Crippen molar-refractivity contribution in [2.24, 2.45) is 0 Å². The van der Waals surface area contributed by atoms with Crippen molar-refractivity contribution in [2.45, 2.75) is 44.1 Å². The first kappa shape index (κ1) is 17.6. The molecular weight excluding hydrogens is 350 g/mol. The van der Waals surface area contributed by atoms with E-state index < -0.39 is 5.41 Å². The molecule has 2 fully saturated rings. The molecule has 1 aliphatic heterocycles. The van der Waals surface area contributed by atoms with Crippen LogP contribution in [0.15, 0.2) is 33.4 Å². The van der Waals surface area contributed by atoms with E-state index in [1.807, 2.05) is 0 Å². The fourth-order valence-electron chi connectivity index (χ4n) is 3.50. The van der Waals surface area contributed by atoms with Crippen LogP contribution in [0.25, 0.3) is 11.5 Å². The molecular formula is C19H23N3O5. The minimum absolute atomic E-state index is 0.0172. The first-order valence-electron chi connectivity index (χ1n) is 9.36. The molecule has 2 aliphatic rings. The first-order chi connectivity index (χ1) is 13.1. The summed E-state index contributed by atoms with van der Waals surface area (Å²) >= 11 is 0. The Morgan fingerprint density at radius 1 is 1.33 bits per heavy atom. The smallest absolute Gasteiger partial charge is 0.409 e. The van der Waals surface area contributed by atoms with Gasteiger partial charge < -0.3 is 23.9 Å². The molecule has 27 heavy (non-hydrogen) atoms. The summed E-state index contributed by atoms with van der Waals surface area (Å²) in [6, 6.07) is 5.41. The third-order valence-corrected chi connectivity index (χ3v) is 5.31. The van der Waals surface area contributed by atoms with Gasteiger partial charge in [0.25, 0.3) is 0 Å². The van der Waals surface area contributed by atoms with Gasteiger partial charge >= 0.3 is 6.09 Å². The Kier molecular flexibility index (Phi) is 4.63. The molecule has 0 unspecified atom stereocenters. The van der Waals surface area contributed by atoms with Gasteiger partial charge in [-0.2, -0.15) is 0 Å². The summed E-state index contributed by atoms with van der Waals surface area (Å²) in [5, 5.41) is 7.24. The number of rotatable bonds is 5. The van der Waals surface area contributed by atoms with Gasteiger partial charge in [0.2, 0.25) is 11.7 Å². The number of piperidine rings is 1. The Morgan fingerprint density at radius 3 is 2.74 bits per heavy atom. The van der Waals surface area contributed by atoms with Gasteiger partial charge in [-0.05, 0) is 44.7 Å². The summed E-state index contributed by atoms with van der Waals surface area (Å²) in [6.07, 6.45) is 4.23. The lowest BCUT2D eigenvalue weighted by molar-refractivity contribution is -0.124. The minimum atomic E-state index is -0.605. The predicted octanol–water partition coefficient (Wildman–Crippen LogP) is 2.70. The summed E-state index contributed by atoms with van der Waals surface area (Å²) in [5.74, 6) is 1.10. The first-order valence-corrected chi connectivity index (χ1v) is 9.36. The molecule has 1 saturated heterocycles. The summed E-state index contributed by atoms with van der Waals surface area (Å²) < 4.78 is 15.7. The second-order valence-corrected chi connectivity index (χ2v) is 7.07. The van der Waals surface area contributed by atoms with Gasteiger partial charge in [-0.1, -0.05) is 5.16 Å². The number of carbonyl (C=O) groups excluding carboxylic acids is 2. The van der Waals surface area contributed by atoms with Crippen LogP contribution in [0.2, 0.25) is 0 Å². The SMILES string of the molecule is CCOC(=O)N1CCC(NC(=O)C2(c3cc(-c4ccco4)on3)CC2)CC1. The highest BCUT2D eigenvalue weighted by molar-refractivity contribution is 5.91. The summed E-state index contributed by atoms with van der Waals surface area (Å²) in [4.78, 5) is 26.3. The zero-order valence-electron chi connectivity index (χ0n) is 15.3. The molecule has 8 heteroatoms. The Balaban J connectivity index is 1.36. The van der Waals surface area contributed by atoms with E-state index in [1.54, 1.807) is 36.3 Å². The minimum Gasteiger partial charge on any atom is -0.461 e. The van der Waals surface area contributed by atoms with Crippen molar-refractivity contribution in [1.29, 1.82) is 0 Å². The molecule has 0 bridgehead atoms. The van der Waals surface area contributed by atoms with Gasteiger partial charge in [-0.3, -0.25) is 4.79 Å². The summed E-state index contributed by atoms with van der Waals surface area (Å²) in [6.45, 7) is 3.34. The van der Waals surface area contributed by atoms with E-state index in [-0.39, 0.29) is 18.0 Å². The van der Waals surface area contributed by atoms with Gasteiger partial charge in [0.15, 0.2) is 5.76 Å². The van der Waals surface area contributed by atoms with Crippen LogP contribution in [0.1, 0.15) is 38.3 Å². The number of ether oxygens (including phenoxy) is 1. The number of hydrogen-bond donors (Lipinski definition) is 1. The number of carbonyl (C=O) groups is 2. The number of nitrogens with zero attached hydrogens (tertiary/aromatic N) is 2. The quantitative estimate of drug-likeness (QED) is 0.865. The molecule has 1 saturated carbocycles. The highest BCUT2D eigenvalue weighted by Crippen LogP contribution is 2.48. The molecule has 2 amide bonds. The molecule has 0 radical (unpaired) electrons. The lowest BCUT2D eigenvalue weighted by Crippen LogP contribution is -2.49. The highest BCUT2D eigenvalue weighted by Gasteiger charge is 2.54. The zero-order valence-corrected chi connectivity index (χ0v) is 15.3. The van der Waals surface area contributed by atoms with E-state index in [1.165, 1.54) is 0 Å². The van der Waals surface area contributed by atoms with Crippen molar-refractivity contribution in [1.82, 2.24) is 15.4 Å². The van der Waals surface area contributed by atoms with Gasteiger partial charge in [0, 0.05) is 25.2 Å². The average Bonchev–Trinajstić information content (AvgIpc) is 3.09. The van der Waals surface area contributed by atoms with Crippen LogP contribution in [0.4, 0.5) is 4.79 Å². The van der Waals surface area contributed by atoms with E-state index in [2.05, 4.69) is 10.5 Å². The van der Waals surface area contributed by atoms with Crippen molar-refractivity contribution in [2.75, 3.05) is 19.7 Å². The van der Waals surface area contributed by atoms with Crippen molar-refractivity contribution >= 4 is 12.0 Å². The Labute approximate surface area is 156 Å². The molecule has 144 valence electrons. The third-order valence-electron chi connectivity index (χ3n) is 5.31. The molecule has 1 aliphatic carbocycles. The summed E-state index contributed by atoms with van der Waals surface area (Å²) in [7, 11) is 0. The second-order valence-electron chi connectivity index (χ2n) is 7.07. The molecule has 0 atom stereocenters. The predicted molar refractivity (Wildman–Crippen MR) is 94.9 cm³/mol. The lowest BCUT2D eigenvalue weighted by Gasteiger charge is -2.32. The van der Waals surface area contributed by atoms with Crippen LogP contribution < -0.4 is 5.32 Å². The van der Waals surface area contributed by atoms with Crippen LogP contribution in [0, 0.1) is 0 Å². The second kappa shape index (κ2) is 7.09. The molecule has 0 spiro atoms. The maximum absolute atomic E-state index is 12.9. The molecule has 4 rings (SSSR count). The fraction of sp³-hybridized carbons (Fsp3) is 0.526. The van der Waals surface area contributed by atoms with Crippen molar-refractivity contribution in [3.8, 4) is 11.5 Å². The Bertz CT molecular complexity index is 801. The largest absolute Gasteiger partial charge is 0.461 e.